The molecule has 0 unspecified atom stereocenters. The van der Waals surface area contributed by atoms with Crippen LogP contribution in [-0.2, 0) is 4.08 Å². The Morgan fingerprint density at radius 3 is 2.05 bits per heavy atom. The summed E-state index contributed by atoms with van der Waals surface area (Å²) >= 11 is 4.06. The summed E-state index contributed by atoms with van der Waals surface area (Å²) in [5, 5.41) is 0. The molecule has 0 amide bonds. The maximum absolute atomic E-state index is 5.82. The molecule has 0 N–H and O–H groups in total. The molecule has 1 fully saturated rings. The van der Waals surface area contributed by atoms with Crippen molar-refractivity contribution in [3.8, 4) is 11.5 Å². The van der Waals surface area contributed by atoms with Crippen molar-refractivity contribution in [3.05, 3.63) is 60.2 Å². The number of hydrogen-bond donors (Lipinski definition) is 0. The van der Waals surface area contributed by atoms with Gasteiger partial charge in [-0.05, 0) is 36.8 Å². The number of hydrogen-bond acceptors (Lipinski definition) is 3. The Morgan fingerprint density at radius 1 is 0.842 bits per heavy atom. The van der Waals surface area contributed by atoms with Crippen LogP contribution >= 0.6 is 23.5 Å². The SMILES string of the molecule is CC1(c2ccc(Oc3ccccc3)cc2)SCCS1. The van der Waals surface area contributed by atoms with Crippen LogP contribution in [0.2, 0.25) is 0 Å². The molecule has 0 saturated carbocycles. The summed E-state index contributed by atoms with van der Waals surface area (Å²) in [5.41, 5.74) is 1.38. The zero-order valence-corrected chi connectivity index (χ0v) is 12.5. The van der Waals surface area contributed by atoms with E-state index in [0.29, 0.717) is 0 Å². The van der Waals surface area contributed by atoms with Crippen LogP contribution in [0, 0.1) is 0 Å². The van der Waals surface area contributed by atoms with Gasteiger partial charge in [0.05, 0.1) is 4.08 Å². The number of thioether (sulfide) groups is 2. The van der Waals surface area contributed by atoms with Crippen LogP contribution < -0.4 is 4.74 Å². The fraction of sp³-hybridized carbons (Fsp3) is 0.250. The summed E-state index contributed by atoms with van der Waals surface area (Å²) in [4.78, 5) is 0. The zero-order valence-electron chi connectivity index (χ0n) is 10.8. The Bertz CT molecular complexity index is 530. The van der Waals surface area contributed by atoms with E-state index < -0.39 is 0 Å². The van der Waals surface area contributed by atoms with Gasteiger partial charge in [-0.2, -0.15) is 0 Å². The standard InChI is InChI=1S/C16H16OS2/c1-16(18-11-12-19-16)13-7-9-15(10-8-13)17-14-5-3-2-4-6-14/h2-10H,11-12H2,1H3. The summed E-state index contributed by atoms with van der Waals surface area (Å²) < 4.78 is 6.03. The predicted octanol–water partition coefficient (Wildman–Crippen LogP) is 5.13. The van der Waals surface area contributed by atoms with Crippen molar-refractivity contribution in [1.82, 2.24) is 0 Å². The van der Waals surface area contributed by atoms with Gasteiger partial charge in [-0.3, -0.25) is 0 Å². The van der Waals surface area contributed by atoms with Crippen LogP contribution in [0.15, 0.2) is 54.6 Å². The van der Waals surface area contributed by atoms with Crippen molar-refractivity contribution in [1.29, 1.82) is 0 Å². The zero-order chi connectivity index (χ0) is 13.1. The minimum absolute atomic E-state index is 0.214. The lowest BCUT2D eigenvalue weighted by Crippen LogP contribution is -2.07. The first-order valence-electron chi connectivity index (χ1n) is 6.38. The molecule has 3 rings (SSSR count). The van der Waals surface area contributed by atoms with Gasteiger partial charge < -0.3 is 4.74 Å². The van der Waals surface area contributed by atoms with Crippen molar-refractivity contribution in [2.45, 2.75) is 11.0 Å². The maximum Gasteiger partial charge on any atom is 0.127 e. The molecule has 1 aliphatic heterocycles. The van der Waals surface area contributed by atoms with Gasteiger partial charge in [-0.1, -0.05) is 30.3 Å². The summed E-state index contributed by atoms with van der Waals surface area (Å²) in [6, 6.07) is 18.4. The molecule has 0 atom stereocenters. The Hall–Kier alpha value is -1.06. The van der Waals surface area contributed by atoms with Gasteiger partial charge in [0.2, 0.25) is 0 Å². The van der Waals surface area contributed by atoms with E-state index in [1.807, 2.05) is 53.9 Å². The highest BCUT2D eigenvalue weighted by Gasteiger charge is 2.32. The molecular weight excluding hydrogens is 272 g/mol. The summed E-state index contributed by atoms with van der Waals surface area (Å²) in [6.45, 7) is 2.31. The molecule has 0 bridgehead atoms. The first-order chi connectivity index (χ1) is 9.26. The minimum Gasteiger partial charge on any atom is -0.457 e. The molecule has 2 aromatic carbocycles. The van der Waals surface area contributed by atoms with Crippen LogP contribution in [-0.4, -0.2) is 11.5 Å². The van der Waals surface area contributed by atoms with Crippen LogP contribution in [0.1, 0.15) is 12.5 Å². The summed E-state index contributed by atoms with van der Waals surface area (Å²) in [6.07, 6.45) is 0. The van der Waals surface area contributed by atoms with Gasteiger partial charge in [0.25, 0.3) is 0 Å². The highest BCUT2D eigenvalue weighted by atomic mass is 32.2. The lowest BCUT2D eigenvalue weighted by Gasteiger charge is -2.22. The summed E-state index contributed by atoms with van der Waals surface area (Å²) in [7, 11) is 0. The van der Waals surface area contributed by atoms with Crippen LogP contribution in [0.25, 0.3) is 0 Å². The molecule has 3 heteroatoms. The number of ether oxygens (including phenoxy) is 1. The molecule has 19 heavy (non-hydrogen) atoms. The molecule has 0 spiro atoms. The van der Waals surface area contributed by atoms with Gasteiger partial charge in [0.1, 0.15) is 11.5 Å². The average Bonchev–Trinajstić information content (AvgIpc) is 2.89. The van der Waals surface area contributed by atoms with E-state index >= 15 is 0 Å². The first-order valence-corrected chi connectivity index (χ1v) is 8.35. The third-order valence-electron chi connectivity index (χ3n) is 3.20. The Balaban J connectivity index is 1.76. The molecule has 2 aromatic rings. The van der Waals surface area contributed by atoms with E-state index in [9.17, 15) is 0 Å². The molecule has 1 nitrogen and oxygen atoms in total. The normalized spacial score (nSPS) is 17.3. The number of benzene rings is 2. The topological polar surface area (TPSA) is 9.23 Å². The van der Waals surface area contributed by atoms with Crippen molar-refractivity contribution >= 4 is 23.5 Å². The highest BCUT2D eigenvalue weighted by molar-refractivity contribution is 8.20. The molecule has 1 aliphatic rings. The molecule has 1 heterocycles. The fourth-order valence-corrected chi connectivity index (χ4v) is 5.02. The van der Waals surface area contributed by atoms with Crippen molar-refractivity contribution in [2.75, 3.05) is 11.5 Å². The fourth-order valence-electron chi connectivity index (χ4n) is 2.13. The van der Waals surface area contributed by atoms with Crippen LogP contribution in [0.5, 0.6) is 11.5 Å². The average molecular weight is 288 g/mol. The number of para-hydroxylation sites is 1. The van der Waals surface area contributed by atoms with Gasteiger partial charge in [-0.15, -0.1) is 23.5 Å². The van der Waals surface area contributed by atoms with Gasteiger partial charge in [0.15, 0.2) is 0 Å². The predicted molar refractivity (Wildman–Crippen MR) is 85.2 cm³/mol. The quantitative estimate of drug-likeness (QED) is 0.774. The lowest BCUT2D eigenvalue weighted by atomic mass is 10.1. The van der Waals surface area contributed by atoms with E-state index in [2.05, 4.69) is 31.2 Å². The molecular formula is C16H16OS2. The third kappa shape index (κ3) is 2.93. The Labute approximate surface area is 122 Å². The maximum atomic E-state index is 5.82. The smallest absolute Gasteiger partial charge is 0.127 e. The number of rotatable bonds is 3. The van der Waals surface area contributed by atoms with E-state index in [0.717, 1.165) is 11.5 Å². The van der Waals surface area contributed by atoms with Gasteiger partial charge >= 0.3 is 0 Å². The van der Waals surface area contributed by atoms with Crippen molar-refractivity contribution in [3.63, 3.8) is 0 Å². The van der Waals surface area contributed by atoms with Crippen molar-refractivity contribution in [2.24, 2.45) is 0 Å². The molecule has 0 aliphatic carbocycles. The lowest BCUT2D eigenvalue weighted by molar-refractivity contribution is 0.482. The largest absolute Gasteiger partial charge is 0.457 e. The second-order valence-electron chi connectivity index (χ2n) is 4.58. The Morgan fingerprint density at radius 2 is 1.42 bits per heavy atom. The van der Waals surface area contributed by atoms with E-state index in [4.69, 9.17) is 4.74 Å². The highest BCUT2D eigenvalue weighted by Crippen LogP contribution is 2.51. The van der Waals surface area contributed by atoms with E-state index in [1.165, 1.54) is 17.1 Å². The third-order valence-corrected chi connectivity index (χ3v) is 6.55. The van der Waals surface area contributed by atoms with Gasteiger partial charge in [-0.25, -0.2) is 0 Å². The first kappa shape index (κ1) is 12.9. The molecule has 0 radical (unpaired) electrons. The molecule has 0 aromatic heterocycles. The van der Waals surface area contributed by atoms with Crippen LogP contribution in [0.3, 0.4) is 0 Å². The molecule has 1 saturated heterocycles. The summed E-state index contributed by atoms with van der Waals surface area (Å²) in [5.74, 6) is 4.25. The second kappa shape index (κ2) is 5.51. The minimum atomic E-state index is 0.214. The molecule has 98 valence electrons. The second-order valence-corrected chi connectivity index (χ2v) is 7.87. The van der Waals surface area contributed by atoms with E-state index in [-0.39, 0.29) is 4.08 Å². The van der Waals surface area contributed by atoms with Crippen LogP contribution in [0.4, 0.5) is 0 Å². The Kier molecular flexibility index (Phi) is 3.76. The van der Waals surface area contributed by atoms with Crippen molar-refractivity contribution < 1.29 is 4.74 Å². The monoisotopic (exact) mass is 288 g/mol. The van der Waals surface area contributed by atoms with Gasteiger partial charge in [0, 0.05) is 11.5 Å². The van der Waals surface area contributed by atoms with E-state index in [1.54, 1.807) is 0 Å².